The van der Waals surface area contributed by atoms with Crippen molar-refractivity contribution >= 4 is 25.2 Å². The minimum absolute atomic E-state index is 0.187. The van der Waals surface area contributed by atoms with E-state index in [0.29, 0.717) is 0 Å². The number of thioether (sulfide) groups is 1. The highest BCUT2D eigenvalue weighted by Crippen LogP contribution is 2.37. The van der Waals surface area contributed by atoms with E-state index in [4.69, 9.17) is 9.16 Å². The van der Waals surface area contributed by atoms with Crippen LogP contribution in [0.1, 0.15) is 73.1 Å². The van der Waals surface area contributed by atoms with Crippen molar-refractivity contribution in [3.05, 3.63) is 11.3 Å². The quantitative estimate of drug-likeness (QED) is 0.308. The Labute approximate surface area is 160 Å². The summed E-state index contributed by atoms with van der Waals surface area (Å²) in [6.07, 6.45) is 6.36. The smallest absolute Gasteiger partial charge is 0.219 e. The van der Waals surface area contributed by atoms with Gasteiger partial charge in [-0.2, -0.15) is 0 Å². The number of rotatable bonds is 11. The normalized spacial score (nSPS) is 19.0. The summed E-state index contributed by atoms with van der Waals surface area (Å²) in [6.45, 7) is 17.3. The van der Waals surface area contributed by atoms with Crippen LogP contribution in [0.3, 0.4) is 0 Å². The van der Waals surface area contributed by atoms with Crippen molar-refractivity contribution < 1.29 is 14.0 Å². The number of unbranched alkanes of at least 4 members (excludes halogenated alkanes) is 3. The Hall–Kier alpha value is -0.263. The van der Waals surface area contributed by atoms with E-state index in [1.165, 1.54) is 18.2 Å². The third-order valence-corrected chi connectivity index (χ3v) is 10.8. The predicted octanol–water partition coefficient (Wildman–Crippen LogP) is 6.30. The second-order valence-corrected chi connectivity index (χ2v) is 14.6. The minimum atomic E-state index is -1.59. The Morgan fingerprint density at radius 3 is 2.24 bits per heavy atom. The maximum Gasteiger partial charge on any atom is 0.219 e. The van der Waals surface area contributed by atoms with Crippen molar-refractivity contribution in [1.29, 1.82) is 0 Å². The molecule has 0 bridgehead atoms. The van der Waals surface area contributed by atoms with Crippen LogP contribution in [0.2, 0.25) is 18.1 Å². The molecule has 0 amide bonds. The van der Waals surface area contributed by atoms with E-state index in [-0.39, 0.29) is 15.4 Å². The zero-order valence-electron chi connectivity index (χ0n) is 17.4. The van der Waals surface area contributed by atoms with E-state index in [1.54, 1.807) is 0 Å². The standard InChI is InChI=1S/C20H38O3SSi/c1-8-13-17-18(16(2)24-19(17)21)22-14-11-9-10-12-15-23-25(6,7)20(3,4)5/h16H,8-15H2,1-7H3. The van der Waals surface area contributed by atoms with E-state index in [2.05, 4.69) is 47.7 Å². The average Bonchev–Trinajstić information content (AvgIpc) is 2.75. The van der Waals surface area contributed by atoms with Crippen molar-refractivity contribution in [2.45, 2.75) is 96.5 Å². The van der Waals surface area contributed by atoms with Crippen LogP contribution < -0.4 is 0 Å². The lowest BCUT2D eigenvalue weighted by molar-refractivity contribution is -0.108. The maximum absolute atomic E-state index is 12.0. The average molecular weight is 387 g/mol. The van der Waals surface area contributed by atoms with Gasteiger partial charge in [-0.25, -0.2) is 0 Å². The molecule has 0 aromatic rings. The number of ether oxygens (including phenoxy) is 1. The predicted molar refractivity (Wildman–Crippen MR) is 112 cm³/mol. The highest BCUT2D eigenvalue weighted by Gasteiger charge is 2.36. The minimum Gasteiger partial charge on any atom is -0.496 e. The SMILES string of the molecule is CCCC1=C(OCCCCCCO[Si](C)(C)C(C)(C)C)C(C)SC1=O. The molecule has 0 saturated heterocycles. The molecule has 0 radical (unpaired) electrons. The van der Waals surface area contributed by atoms with Crippen molar-refractivity contribution in [3.8, 4) is 0 Å². The Balaban J connectivity index is 2.19. The molecule has 1 heterocycles. The first kappa shape index (κ1) is 22.8. The van der Waals surface area contributed by atoms with Gasteiger partial charge in [-0.05, 0) is 50.7 Å². The molecule has 0 spiro atoms. The molecule has 0 N–H and O–H groups in total. The molecule has 5 heteroatoms. The highest BCUT2D eigenvalue weighted by atomic mass is 32.2. The van der Waals surface area contributed by atoms with E-state index >= 15 is 0 Å². The van der Waals surface area contributed by atoms with Crippen molar-refractivity contribution in [2.24, 2.45) is 0 Å². The van der Waals surface area contributed by atoms with Crippen LogP contribution in [-0.2, 0) is 14.0 Å². The van der Waals surface area contributed by atoms with Gasteiger partial charge in [0.15, 0.2) is 8.32 Å². The Kier molecular flexibility index (Phi) is 9.27. The Morgan fingerprint density at radius 2 is 1.68 bits per heavy atom. The van der Waals surface area contributed by atoms with E-state index in [0.717, 1.165) is 56.7 Å². The van der Waals surface area contributed by atoms with Gasteiger partial charge < -0.3 is 9.16 Å². The number of hydrogen-bond donors (Lipinski definition) is 0. The Bertz CT molecular complexity index is 466. The van der Waals surface area contributed by atoms with Crippen molar-refractivity contribution in [1.82, 2.24) is 0 Å². The molecule has 0 aliphatic carbocycles. The zero-order chi connectivity index (χ0) is 19.1. The topological polar surface area (TPSA) is 35.5 Å². The first-order chi connectivity index (χ1) is 11.6. The fraction of sp³-hybridized carbons (Fsp3) is 0.850. The van der Waals surface area contributed by atoms with Crippen LogP contribution >= 0.6 is 11.8 Å². The molecule has 0 saturated carbocycles. The molecule has 3 nitrogen and oxygen atoms in total. The molecule has 0 aromatic carbocycles. The monoisotopic (exact) mass is 386 g/mol. The fourth-order valence-corrected chi connectivity index (χ4v) is 4.67. The van der Waals surface area contributed by atoms with Gasteiger partial charge in [0.05, 0.1) is 11.9 Å². The fourth-order valence-electron chi connectivity index (χ4n) is 2.59. The molecule has 0 fully saturated rings. The van der Waals surface area contributed by atoms with Gasteiger partial charge >= 0.3 is 0 Å². The van der Waals surface area contributed by atoms with Crippen LogP contribution in [-0.4, -0.2) is 31.9 Å². The summed E-state index contributed by atoms with van der Waals surface area (Å²) in [5, 5.41) is 0.692. The van der Waals surface area contributed by atoms with Gasteiger partial charge in [-0.1, -0.05) is 52.3 Å². The summed E-state index contributed by atoms with van der Waals surface area (Å²) in [5.41, 5.74) is 0.919. The molecular weight excluding hydrogens is 348 g/mol. The third-order valence-electron chi connectivity index (χ3n) is 5.26. The van der Waals surface area contributed by atoms with Gasteiger partial charge in [0.2, 0.25) is 5.12 Å². The lowest BCUT2D eigenvalue weighted by Gasteiger charge is -2.36. The van der Waals surface area contributed by atoms with Crippen molar-refractivity contribution in [3.63, 3.8) is 0 Å². The Morgan fingerprint density at radius 1 is 1.08 bits per heavy atom. The summed E-state index contributed by atoms with van der Waals surface area (Å²) in [4.78, 5) is 12.0. The molecule has 146 valence electrons. The first-order valence-electron chi connectivity index (χ1n) is 9.81. The van der Waals surface area contributed by atoms with Crippen LogP contribution in [0, 0.1) is 0 Å². The van der Waals surface area contributed by atoms with Gasteiger partial charge in [-0.3, -0.25) is 4.79 Å². The summed E-state index contributed by atoms with van der Waals surface area (Å²) in [7, 11) is -1.59. The third kappa shape index (κ3) is 7.10. The van der Waals surface area contributed by atoms with Gasteiger partial charge in [0.25, 0.3) is 0 Å². The van der Waals surface area contributed by atoms with Crippen LogP contribution in [0.15, 0.2) is 11.3 Å². The molecule has 1 unspecified atom stereocenters. The molecule has 0 aromatic heterocycles. The first-order valence-corrected chi connectivity index (χ1v) is 13.6. The number of carbonyl (C=O) groups excluding carboxylic acids is 1. The van der Waals surface area contributed by atoms with Crippen LogP contribution in [0.4, 0.5) is 0 Å². The van der Waals surface area contributed by atoms with E-state index < -0.39 is 8.32 Å². The van der Waals surface area contributed by atoms with Gasteiger partial charge in [0.1, 0.15) is 5.76 Å². The van der Waals surface area contributed by atoms with Crippen LogP contribution in [0.25, 0.3) is 0 Å². The second-order valence-electron chi connectivity index (χ2n) is 8.51. The second kappa shape index (κ2) is 10.2. The molecule has 1 rings (SSSR count). The molecular formula is C20H38O3SSi. The maximum atomic E-state index is 12.0. The van der Waals surface area contributed by atoms with Gasteiger partial charge in [-0.15, -0.1) is 0 Å². The molecule has 1 aliphatic rings. The molecule has 1 aliphatic heterocycles. The zero-order valence-corrected chi connectivity index (χ0v) is 19.2. The van der Waals surface area contributed by atoms with Crippen LogP contribution in [0.5, 0.6) is 0 Å². The summed E-state index contributed by atoms with van der Waals surface area (Å²) in [5.74, 6) is 0.943. The van der Waals surface area contributed by atoms with Crippen molar-refractivity contribution in [2.75, 3.05) is 13.2 Å². The summed E-state index contributed by atoms with van der Waals surface area (Å²) >= 11 is 1.40. The lowest BCUT2D eigenvalue weighted by atomic mass is 10.1. The van der Waals surface area contributed by atoms with E-state index in [1.807, 2.05) is 0 Å². The highest BCUT2D eigenvalue weighted by molar-refractivity contribution is 8.15. The van der Waals surface area contributed by atoms with Gasteiger partial charge in [0, 0.05) is 12.2 Å². The molecule has 25 heavy (non-hydrogen) atoms. The largest absolute Gasteiger partial charge is 0.496 e. The summed E-state index contributed by atoms with van der Waals surface area (Å²) < 4.78 is 12.2. The molecule has 1 atom stereocenters. The van der Waals surface area contributed by atoms with E-state index in [9.17, 15) is 4.79 Å². The lowest BCUT2D eigenvalue weighted by Crippen LogP contribution is -2.40. The number of carbonyl (C=O) groups is 1. The summed E-state index contributed by atoms with van der Waals surface area (Å²) in [6, 6.07) is 0. The number of hydrogen-bond acceptors (Lipinski definition) is 4.